The van der Waals surface area contributed by atoms with Crippen molar-refractivity contribution in [1.82, 2.24) is 9.13 Å². The van der Waals surface area contributed by atoms with E-state index in [0.29, 0.717) is 11.1 Å². The van der Waals surface area contributed by atoms with Crippen LogP contribution in [0.2, 0.25) is 0 Å². The lowest BCUT2D eigenvalue weighted by atomic mass is 9.82. The van der Waals surface area contributed by atoms with Gasteiger partial charge in [0.25, 0.3) is 0 Å². The van der Waals surface area contributed by atoms with Gasteiger partial charge in [0.1, 0.15) is 6.07 Å². The van der Waals surface area contributed by atoms with E-state index in [4.69, 9.17) is 0 Å². The number of hydrogen-bond acceptors (Lipinski definition) is 2. The molecule has 7 aromatic carbocycles. The van der Waals surface area contributed by atoms with Crippen LogP contribution in [0.25, 0.3) is 77.2 Å². The van der Waals surface area contributed by atoms with Gasteiger partial charge >= 0.3 is 0 Å². The van der Waals surface area contributed by atoms with Crippen LogP contribution >= 0.6 is 0 Å². The fourth-order valence-electron chi connectivity index (χ4n) is 10.0. The molecule has 2 heterocycles. The van der Waals surface area contributed by atoms with Crippen molar-refractivity contribution in [1.29, 1.82) is 10.5 Å². The summed E-state index contributed by atoms with van der Waals surface area (Å²) in [4.78, 5) is 0. The Morgan fingerprint density at radius 3 is 1.44 bits per heavy atom. The molecule has 4 heteroatoms. The maximum Gasteiger partial charge on any atom is 0.101 e. The second-order valence-corrected chi connectivity index (χ2v) is 16.0. The lowest BCUT2D eigenvalue weighted by molar-refractivity contribution is 0.660. The first kappa shape index (κ1) is 30.7. The predicted molar refractivity (Wildman–Crippen MR) is 220 cm³/mol. The highest BCUT2D eigenvalue weighted by Crippen LogP contribution is 2.53. The standard InChI is InChI=1S/C50H34N4/c1-49(2)39-17-9-5-13-31(39)35-23-37-33-15-7-11-19-43(33)53(45(37)25-41(35)49)47-22-29(27-51)21-30(28-52)48(47)54-44-20-12-8-16-34(44)38-24-36-32-14-6-10-18-40(32)50(3,4)42(36)26-46(38)54/h5-26H,1-4H3. The van der Waals surface area contributed by atoms with Gasteiger partial charge in [-0.05, 0) is 93.0 Å². The highest BCUT2D eigenvalue weighted by Gasteiger charge is 2.38. The van der Waals surface area contributed by atoms with Crippen LogP contribution in [0.15, 0.2) is 133 Å². The quantitative estimate of drug-likeness (QED) is 0.181. The van der Waals surface area contributed by atoms with Crippen LogP contribution < -0.4 is 0 Å². The molecule has 0 radical (unpaired) electrons. The number of fused-ring (bicyclic) bond motifs is 12. The molecule has 0 spiro atoms. The zero-order chi connectivity index (χ0) is 36.7. The molecule has 2 aromatic heterocycles. The Morgan fingerprint density at radius 2 is 0.907 bits per heavy atom. The molecule has 2 aliphatic rings. The number of hydrogen-bond donors (Lipinski definition) is 0. The Balaban J connectivity index is 1.30. The number of rotatable bonds is 2. The second-order valence-electron chi connectivity index (χ2n) is 16.0. The largest absolute Gasteiger partial charge is 0.307 e. The van der Waals surface area contributed by atoms with Crippen molar-refractivity contribution in [3.63, 3.8) is 0 Å². The van der Waals surface area contributed by atoms with Crippen LogP contribution in [0, 0.1) is 22.7 Å². The van der Waals surface area contributed by atoms with Crippen molar-refractivity contribution in [3.8, 4) is 45.8 Å². The molecule has 254 valence electrons. The smallest absolute Gasteiger partial charge is 0.101 e. The molecule has 9 aromatic rings. The van der Waals surface area contributed by atoms with Crippen molar-refractivity contribution < 1.29 is 0 Å². The number of aromatic nitrogens is 2. The average molecular weight is 691 g/mol. The molecule has 0 saturated carbocycles. The minimum atomic E-state index is -0.204. The number of para-hydroxylation sites is 2. The molecule has 54 heavy (non-hydrogen) atoms. The number of nitrogens with zero attached hydrogens (tertiary/aromatic N) is 4. The first-order valence-electron chi connectivity index (χ1n) is 18.6. The van der Waals surface area contributed by atoms with Gasteiger partial charge in [-0.2, -0.15) is 10.5 Å². The molecule has 0 unspecified atom stereocenters. The fraction of sp³-hybridized carbons (Fsp3) is 0.120. The Labute approximate surface area is 313 Å². The number of benzene rings is 7. The Morgan fingerprint density at radius 1 is 0.426 bits per heavy atom. The lowest BCUT2D eigenvalue weighted by Gasteiger charge is -2.23. The summed E-state index contributed by atoms with van der Waals surface area (Å²) in [5.74, 6) is 0. The zero-order valence-electron chi connectivity index (χ0n) is 30.5. The summed E-state index contributed by atoms with van der Waals surface area (Å²) < 4.78 is 4.58. The number of nitriles is 2. The highest BCUT2D eigenvalue weighted by molar-refractivity contribution is 6.14. The topological polar surface area (TPSA) is 57.4 Å². The monoisotopic (exact) mass is 690 g/mol. The third-order valence-electron chi connectivity index (χ3n) is 12.6. The van der Waals surface area contributed by atoms with Crippen LogP contribution in [-0.4, -0.2) is 9.13 Å². The van der Waals surface area contributed by atoms with Gasteiger partial charge < -0.3 is 9.13 Å². The lowest BCUT2D eigenvalue weighted by Crippen LogP contribution is -2.15. The molecule has 0 amide bonds. The minimum absolute atomic E-state index is 0.200. The summed E-state index contributed by atoms with van der Waals surface area (Å²) in [7, 11) is 0. The molecule has 0 saturated heterocycles. The Hall–Kier alpha value is -6.88. The van der Waals surface area contributed by atoms with Crippen molar-refractivity contribution >= 4 is 43.6 Å². The Bertz CT molecular complexity index is 3240. The van der Waals surface area contributed by atoms with E-state index in [1.165, 1.54) is 44.5 Å². The Kier molecular flexibility index (Phi) is 5.90. The van der Waals surface area contributed by atoms with Gasteiger partial charge in [0.2, 0.25) is 0 Å². The van der Waals surface area contributed by atoms with Crippen LogP contribution in [0.4, 0.5) is 0 Å². The van der Waals surface area contributed by atoms with Crippen LogP contribution in [0.3, 0.4) is 0 Å². The van der Waals surface area contributed by atoms with E-state index in [1.807, 2.05) is 6.07 Å². The van der Waals surface area contributed by atoms with Gasteiger partial charge in [-0.3, -0.25) is 0 Å². The third kappa shape index (κ3) is 3.75. The molecular weight excluding hydrogens is 657 g/mol. The fourth-order valence-corrected chi connectivity index (χ4v) is 10.0. The van der Waals surface area contributed by atoms with Crippen LogP contribution in [-0.2, 0) is 10.8 Å². The first-order valence-corrected chi connectivity index (χ1v) is 18.6. The summed E-state index contributed by atoms with van der Waals surface area (Å²) in [6, 6.07) is 52.6. The van der Waals surface area contributed by atoms with E-state index in [1.54, 1.807) is 6.07 Å². The summed E-state index contributed by atoms with van der Waals surface area (Å²) in [6.45, 7) is 9.23. The van der Waals surface area contributed by atoms with Crippen molar-refractivity contribution in [2.75, 3.05) is 0 Å². The van der Waals surface area contributed by atoms with Crippen molar-refractivity contribution in [2.24, 2.45) is 0 Å². The maximum atomic E-state index is 11.0. The average Bonchev–Trinajstić information content (AvgIpc) is 3.84. The normalized spacial score (nSPS) is 14.6. The van der Waals surface area contributed by atoms with E-state index < -0.39 is 0 Å². The molecule has 0 fully saturated rings. The molecule has 0 bridgehead atoms. The predicted octanol–water partition coefficient (Wildman–Crippen LogP) is 12.2. The highest BCUT2D eigenvalue weighted by atomic mass is 15.1. The van der Waals surface area contributed by atoms with Gasteiger partial charge in [-0.15, -0.1) is 0 Å². The molecule has 0 aliphatic heterocycles. The van der Waals surface area contributed by atoms with E-state index in [2.05, 4.69) is 170 Å². The van der Waals surface area contributed by atoms with E-state index >= 15 is 0 Å². The van der Waals surface area contributed by atoms with Crippen LogP contribution in [0.1, 0.15) is 61.1 Å². The van der Waals surface area contributed by atoms with Gasteiger partial charge in [-0.25, -0.2) is 0 Å². The SMILES string of the molecule is CC1(C)c2ccccc2-c2cc3c4ccccc4n(-c4cc(C#N)cc(C#N)c4-n4c5ccccc5c5cc6c(cc54)C(C)(C)c4ccccc4-6)c3cc21. The second kappa shape index (κ2) is 10.4. The molecule has 4 nitrogen and oxygen atoms in total. The summed E-state index contributed by atoms with van der Waals surface area (Å²) in [5, 5.41) is 26.0. The van der Waals surface area contributed by atoms with Crippen molar-refractivity contribution in [3.05, 3.63) is 167 Å². The first-order chi connectivity index (χ1) is 26.2. The summed E-state index contributed by atoms with van der Waals surface area (Å²) >= 11 is 0. The van der Waals surface area contributed by atoms with Gasteiger partial charge in [0, 0.05) is 32.4 Å². The van der Waals surface area contributed by atoms with E-state index in [-0.39, 0.29) is 10.8 Å². The molecule has 0 atom stereocenters. The van der Waals surface area contributed by atoms with E-state index in [0.717, 1.165) is 55.0 Å². The van der Waals surface area contributed by atoms with Gasteiger partial charge in [-0.1, -0.05) is 113 Å². The summed E-state index contributed by atoms with van der Waals surface area (Å²) in [6.07, 6.45) is 0. The maximum absolute atomic E-state index is 11.0. The van der Waals surface area contributed by atoms with Gasteiger partial charge in [0.05, 0.1) is 50.6 Å². The molecule has 11 rings (SSSR count). The summed E-state index contributed by atoms with van der Waals surface area (Å²) in [5.41, 5.74) is 16.4. The molecule has 0 N–H and O–H groups in total. The molecular formula is C50H34N4. The molecule has 2 aliphatic carbocycles. The van der Waals surface area contributed by atoms with E-state index in [9.17, 15) is 10.5 Å². The van der Waals surface area contributed by atoms with Crippen molar-refractivity contribution in [2.45, 2.75) is 38.5 Å². The van der Waals surface area contributed by atoms with Crippen LogP contribution in [0.5, 0.6) is 0 Å². The minimum Gasteiger partial charge on any atom is -0.307 e. The zero-order valence-corrected chi connectivity index (χ0v) is 30.5. The van der Waals surface area contributed by atoms with Gasteiger partial charge in [0.15, 0.2) is 0 Å². The third-order valence-corrected chi connectivity index (χ3v) is 12.6.